The monoisotopic (exact) mass is 369 g/mol. The largest absolute Gasteiger partial charge is 0.493 e. The summed E-state index contributed by atoms with van der Waals surface area (Å²) in [6.45, 7) is 0. The van der Waals surface area contributed by atoms with Crippen LogP contribution in [0.3, 0.4) is 0 Å². The Morgan fingerprint density at radius 2 is 1.79 bits per heavy atom. The van der Waals surface area contributed by atoms with Crippen molar-refractivity contribution in [2.75, 3.05) is 19.6 Å². The van der Waals surface area contributed by atoms with Gasteiger partial charge in [-0.15, -0.1) is 0 Å². The first kappa shape index (κ1) is 17.8. The summed E-state index contributed by atoms with van der Waals surface area (Å²) in [4.78, 5) is 10.7. The van der Waals surface area contributed by atoms with Gasteiger partial charge in [0.05, 0.1) is 52.7 Å². The van der Waals surface area contributed by atoms with Gasteiger partial charge in [0, 0.05) is 0 Å². The Morgan fingerprint density at radius 1 is 1.12 bits per heavy atom. The molecular weight excluding hydrogens is 357 g/mol. The number of benzene rings is 2. The van der Waals surface area contributed by atoms with Crippen LogP contribution in [-0.2, 0) is 0 Å². The molecule has 0 fully saturated rings. The fourth-order valence-electron chi connectivity index (χ4n) is 1.89. The Kier molecular flexibility index (Phi) is 5.83. The summed E-state index contributed by atoms with van der Waals surface area (Å²) in [6, 6.07) is 7.62. The molecule has 0 spiro atoms. The first-order chi connectivity index (χ1) is 11.5. The van der Waals surface area contributed by atoms with Crippen LogP contribution in [0.25, 0.3) is 0 Å². The molecule has 2 aromatic carbocycles. The maximum absolute atomic E-state index is 11.2. The minimum atomic E-state index is -0.525. The SMILES string of the molecule is COc1cc(C=NNc2ccc(Cl)c(Cl)c2)c([N+](=O)[O-])cc1OC. The highest BCUT2D eigenvalue weighted by molar-refractivity contribution is 6.42. The standard InChI is InChI=1S/C15H13Cl2N3O4/c1-23-14-5-9(13(20(21)22)7-15(14)24-2)8-18-19-10-3-4-11(16)12(17)6-10/h3-8,19H,1-2H3. The van der Waals surface area contributed by atoms with Crippen molar-refractivity contribution in [3.63, 3.8) is 0 Å². The van der Waals surface area contributed by atoms with Gasteiger partial charge >= 0.3 is 0 Å². The van der Waals surface area contributed by atoms with Crippen molar-refractivity contribution in [2.24, 2.45) is 5.10 Å². The average molecular weight is 370 g/mol. The van der Waals surface area contributed by atoms with Gasteiger partial charge in [-0.3, -0.25) is 15.5 Å². The van der Waals surface area contributed by atoms with Crippen molar-refractivity contribution in [3.8, 4) is 11.5 Å². The number of halogens is 2. The van der Waals surface area contributed by atoms with Crippen molar-refractivity contribution >= 4 is 40.8 Å². The third kappa shape index (κ3) is 4.06. The number of hydrogen-bond acceptors (Lipinski definition) is 6. The van der Waals surface area contributed by atoms with E-state index in [9.17, 15) is 10.1 Å². The Hall–Kier alpha value is -2.51. The van der Waals surface area contributed by atoms with Crippen molar-refractivity contribution in [2.45, 2.75) is 0 Å². The van der Waals surface area contributed by atoms with E-state index in [-0.39, 0.29) is 17.0 Å². The van der Waals surface area contributed by atoms with Crippen LogP contribution >= 0.6 is 23.2 Å². The Bertz CT molecular complexity index is 797. The number of rotatable bonds is 6. The van der Waals surface area contributed by atoms with E-state index in [2.05, 4.69) is 10.5 Å². The van der Waals surface area contributed by atoms with E-state index in [0.717, 1.165) is 0 Å². The van der Waals surface area contributed by atoms with E-state index in [1.807, 2.05) is 0 Å². The molecule has 0 atom stereocenters. The van der Waals surface area contributed by atoms with Gasteiger partial charge in [-0.1, -0.05) is 23.2 Å². The lowest BCUT2D eigenvalue weighted by Gasteiger charge is -2.08. The molecule has 7 nitrogen and oxygen atoms in total. The zero-order valence-corrected chi connectivity index (χ0v) is 14.3. The second kappa shape index (κ2) is 7.85. The number of nitro benzene ring substituents is 1. The summed E-state index contributed by atoms with van der Waals surface area (Å²) in [6.07, 6.45) is 1.31. The Balaban J connectivity index is 2.29. The van der Waals surface area contributed by atoms with Crippen LogP contribution in [-0.4, -0.2) is 25.4 Å². The highest BCUT2D eigenvalue weighted by Crippen LogP contribution is 2.33. The molecule has 0 amide bonds. The summed E-state index contributed by atoms with van der Waals surface area (Å²) in [5.41, 5.74) is 3.41. The number of methoxy groups -OCH3 is 2. The molecule has 0 unspecified atom stereocenters. The summed E-state index contributed by atoms with van der Waals surface area (Å²) in [5, 5.41) is 16.0. The molecule has 126 valence electrons. The normalized spacial score (nSPS) is 10.7. The lowest BCUT2D eigenvalue weighted by molar-refractivity contribution is -0.385. The number of nitrogens with one attached hydrogen (secondary N) is 1. The second-order valence-corrected chi connectivity index (χ2v) is 5.34. The minimum absolute atomic E-state index is 0.160. The number of nitrogens with zero attached hydrogens (tertiary/aromatic N) is 2. The average Bonchev–Trinajstić information content (AvgIpc) is 2.57. The molecule has 0 saturated carbocycles. The number of anilines is 1. The molecule has 0 aliphatic rings. The maximum atomic E-state index is 11.2. The van der Waals surface area contributed by atoms with Crippen molar-refractivity contribution < 1.29 is 14.4 Å². The van der Waals surface area contributed by atoms with Gasteiger partial charge in [0.2, 0.25) is 0 Å². The van der Waals surface area contributed by atoms with Crippen LogP contribution in [0.4, 0.5) is 11.4 Å². The van der Waals surface area contributed by atoms with E-state index in [1.54, 1.807) is 18.2 Å². The van der Waals surface area contributed by atoms with E-state index < -0.39 is 4.92 Å². The van der Waals surface area contributed by atoms with Gasteiger partial charge in [0.15, 0.2) is 11.5 Å². The molecule has 0 aliphatic carbocycles. The van der Waals surface area contributed by atoms with Crippen LogP contribution in [0, 0.1) is 10.1 Å². The molecule has 0 bridgehead atoms. The molecular formula is C15H13Cl2N3O4. The summed E-state index contributed by atoms with van der Waals surface area (Å²) in [7, 11) is 2.85. The van der Waals surface area contributed by atoms with E-state index in [4.69, 9.17) is 32.7 Å². The van der Waals surface area contributed by atoms with Crippen LogP contribution < -0.4 is 14.9 Å². The van der Waals surface area contributed by atoms with Gasteiger partial charge in [-0.2, -0.15) is 5.10 Å². The van der Waals surface area contributed by atoms with Crippen LogP contribution in [0.2, 0.25) is 10.0 Å². The van der Waals surface area contributed by atoms with Gasteiger partial charge in [-0.25, -0.2) is 0 Å². The third-order valence-corrected chi connectivity index (χ3v) is 3.79. The highest BCUT2D eigenvalue weighted by atomic mass is 35.5. The third-order valence-electron chi connectivity index (χ3n) is 3.05. The smallest absolute Gasteiger partial charge is 0.282 e. The number of hydrogen-bond donors (Lipinski definition) is 1. The molecule has 2 aromatic rings. The molecule has 24 heavy (non-hydrogen) atoms. The van der Waals surface area contributed by atoms with Gasteiger partial charge in [-0.05, 0) is 24.3 Å². The fourth-order valence-corrected chi connectivity index (χ4v) is 2.19. The number of ether oxygens (including phenoxy) is 2. The molecule has 2 rings (SSSR count). The van der Waals surface area contributed by atoms with Crippen molar-refractivity contribution in [1.82, 2.24) is 0 Å². The Labute approximate surface area is 147 Å². The van der Waals surface area contributed by atoms with Crippen LogP contribution in [0.15, 0.2) is 35.4 Å². The van der Waals surface area contributed by atoms with E-state index >= 15 is 0 Å². The van der Waals surface area contributed by atoms with E-state index in [0.29, 0.717) is 21.5 Å². The van der Waals surface area contributed by atoms with Crippen LogP contribution in [0.5, 0.6) is 11.5 Å². The molecule has 0 aromatic heterocycles. The molecule has 0 heterocycles. The molecule has 1 N–H and O–H groups in total. The maximum Gasteiger partial charge on any atom is 0.282 e. The second-order valence-electron chi connectivity index (χ2n) is 4.52. The first-order valence-corrected chi connectivity index (χ1v) is 7.36. The summed E-state index contributed by atoms with van der Waals surface area (Å²) >= 11 is 11.7. The van der Waals surface area contributed by atoms with Gasteiger partial charge < -0.3 is 9.47 Å². The molecule has 9 heteroatoms. The Morgan fingerprint density at radius 3 is 2.38 bits per heavy atom. The lowest BCUT2D eigenvalue weighted by Crippen LogP contribution is -2.00. The predicted octanol–water partition coefficient (Wildman–Crippen LogP) is 4.36. The minimum Gasteiger partial charge on any atom is -0.493 e. The van der Waals surface area contributed by atoms with E-state index in [1.165, 1.54) is 32.6 Å². The number of nitro groups is 1. The fraction of sp³-hybridized carbons (Fsp3) is 0.133. The highest BCUT2D eigenvalue weighted by Gasteiger charge is 2.18. The zero-order chi connectivity index (χ0) is 17.7. The van der Waals surface area contributed by atoms with Crippen molar-refractivity contribution in [1.29, 1.82) is 0 Å². The van der Waals surface area contributed by atoms with Crippen LogP contribution in [0.1, 0.15) is 5.56 Å². The quantitative estimate of drug-likeness (QED) is 0.464. The van der Waals surface area contributed by atoms with Crippen molar-refractivity contribution in [3.05, 3.63) is 56.1 Å². The lowest BCUT2D eigenvalue weighted by atomic mass is 10.1. The predicted molar refractivity (Wildman–Crippen MR) is 93.9 cm³/mol. The first-order valence-electron chi connectivity index (χ1n) is 6.60. The van der Waals surface area contributed by atoms with Gasteiger partial charge in [0.1, 0.15) is 0 Å². The molecule has 0 aliphatic heterocycles. The summed E-state index contributed by atoms with van der Waals surface area (Å²) in [5.74, 6) is 0.623. The number of hydrazone groups is 1. The molecule has 0 saturated heterocycles. The zero-order valence-electron chi connectivity index (χ0n) is 12.7. The topological polar surface area (TPSA) is 86.0 Å². The summed E-state index contributed by atoms with van der Waals surface area (Å²) < 4.78 is 10.2. The van der Waals surface area contributed by atoms with Gasteiger partial charge in [0.25, 0.3) is 5.69 Å². The molecule has 0 radical (unpaired) electrons.